The fraction of sp³-hybridized carbons (Fsp3) is 1.00. The Hall–Kier alpha value is 0.0700. The van der Waals surface area contributed by atoms with Crippen LogP contribution >= 0.6 is 0 Å². The molecule has 1 fully saturated rings. The quantitative estimate of drug-likeness (QED) is 0.671. The largest absolute Gasteiger partial charge is 0.381 e. The van der Waals surface area contributed by atoms with Crippen molar-refractivity contribution in [2.24, 2.45) is 11.7 Å². The highest BCUT2D eigenvalue weighted by molar-refractivity contribution is 7.84. The van der Waals surface area contributed by atoms with Gasteiger partial charge >= 0.3 is 0 Å². The molecule has 1 heterocycles. The Balaban J connectivity index is 2.08. The van der Waals surface area contributed by atoms with E-state index < -0.39 is 10.8 Å². The summed E-state index contributed by atoms with van der Waals surface area (Å²) in [5, 5.41) is 0. The molecule has 1 aliphatic rings. The van der Waals surface area contributed by atoms with Crippen LogP contribution in [0.5, 0.6) is 0 Å². The van der Waals surface area contributed by atoms with Gasteiger partial charge in [0, 0.05) is 28.9 Å². The number of nitrogens with two attached hydrogens (primary N) is 1. The summed E-state index contributed by atoms with van der Waals surface area (Å²) in [6.07, 6.45) is 1.95. The average molecular weight is 191 g/mol. The van der Waals surface area contributed by atoms with Crippen LogP contribution in [0.4, 0.5) is 0 Å². The van der Waals surface area contributed by atoms with Crippen LogP contribution in [-0.2, 0) is 15.5 Å². The molecule has 1 aliphatic heterocycles. The van der Waals surface area contributed by atoms with Gasteiger partial charge in [0.15, 0.2) is 0 Å². The van der Waals surface area contributed by atoms with Gasteiger partial charge in [0.05, 0.1) is 6.61 Å². The van der Waals surface area contributed by atoms with E-state index in [-0.39, 0.29) is 0 Å². The molecule has 2 N–H and O–H groups in total. The lowest BCUT2D eigenvalue weighted by Crippen LogP contribution is -2.15. The third-order valence-corrected chi connectivity index (χ3v) is 3.61. The molecule has 3 nitrogen and oxygen atoms in total. The molecule has 2 atom stereocenters. The SMILES string of the molecule is NCCCS(=O)CC1CCOC1. The van der Waals surface area contributed by atoms with Crippen molar-refractivity contribution in [1.82, 2.24) is 0 Å². The van der Waals surface area contributed by atoms with E-state index in [0.29, 0.717) is 12.5 Å². The molecule has 4 heteroatoms. The molecule has 0 aromatic heterocycles. The van der Waals surface area contributed by atoms with Gasteiger partial charge in [-0.25, -0.2) is 0 Å². The van der Waals surface area contributed by atoms with Crippen LogP contribution < -0.4 is 5.73 Å². The lowest BCUT2D eigenvalue weighted by molar-refractivity contribution is 0.189. The van der Waals surface area contributed by atoms with E-state index in [1.807, 2.05) is 0 Å². The van der Waals surface area contributed by atoms with E-state index in [4.69, 9.17) is 10.5 Å². The van der Waals surface area contributed by atoms with Crippen LogP contribution in [0.15, 0.2) is 0 Å². The van der Waals surface area contributed by atoms with Crippen LogP contribution in [-0.4, -0.2) is 35.5 Å². The van der Waals surface area contributed by atoms with Crippen molar-refractivity contribution in [2.75, 3.05) is 31.3 Å². The van der Waals surface area contributed by atoms with Crippen molar-refractivity contribution in [3.8, 4) is 0 Å². The van der Waals surface area contributed by atoms with Gasteiger partial charge in [0.25, 0.3) is 0 Å². The van der Waals surface area contributed by atoms with Gasteiger partial charge in [-0.15, -0.1) is 0 Å². The Kier molecular flexibility index (Phi) is 4.80. The topological polar surface area (TPSA) is 52.3 Å². The second-order valence-corrected chi connectivity index (χ2v) is 4.80. The lowest BCUT2D eigenvalue weighted by atomic mass is 10.2. The van der Waals surface area contributed by atoms with Crippen LogP contribution in [0.25, 0.3) is 0 Å². The smallest absolute Gasteiger partial charge is 0.0503 e. The summed E-state index contributed by atoms with van der Waals surface area (Å²) < 4.78 is 16.6. The highest BCUT2D eigenvalue weighted by Crippen LogP contribution is 2.13. The molecule has 0 amide bonds. The Labute approximate surface area is 76.1 Å². The maximum absolute atomic E-state index is 11.4. The monoisotopic (exact) mass is 191 g/mol. The van der Waals surface area contributed by atoms with E-state index in [0.717, 1.165) is 37.6 Å². The summed E-state index contributed by atoms with van der Waals surface area (Å²) in [5.41, 5.74) is 5.33. The molecule has 2 unspecified atom stereocenters. The van der Waals surface area contributed by atoms with Crippen LogP contribution in [0.1, 0.15) is 12.8 Å². The Bertz CT molecular complexity index is 146. The molecule has 0 bridgehead atoms. The van der Waals surface area contributed by atoms with Gasteiger partial charge in [-0.1, -0.05) is 0 Å². The molecule has 72 valence electrons. The van der Waals surface area contributed by atoms with E-state index >= 15 is 0 Å². The normalized spacial score (nSPS) is 25.9. The van der Waals surface area contributed by atoms with Gasteiger partial charge in [0.1, 0.15) is 0 Å². The minimum atomic E-state index is -0.670. The summed E-state index contributed by atoms with van der Waals surface area (Å²) in [5.74, 6) is 2.09. The number of ether oxygens (including phenoxy) is 1. The second kappa shape index (κ2) is 5.67. The summed E-state index contributed by atoms with van der Waals surface area (Å²) in [4.78, 5) is 0. The first-order valence-electron chi connectivity index (χ1n) is 4.45. The Morgan fingerprint density at radius 1 is 1.58 bits per heavy atom. The fourth-order valence-electron chi connectivity index (χ4n) is 1.31. The molecule has 1 rings (SSSR count). The molecule has 0 aromatic rings. The summed E-state index contributed by atoms with van der Waals surface area (Å²) in [6.45, 7) is 2.29. The third kappa shape index (κ3) is 3.65. The lowest BCUT2D eigenvalue weighted by Gasteiger charge is -2.05. The Morgan fingerprint density at radius 2 is 2.42 bits per heavy atom. The number of hydrogen-bond acceptors (Lipinski definition) is 3. The molecular formula is C8H17NO2S. The number of rotatable bonds is 5. The standard InChI is InChI=1S/C8H17NO2S/c9-3-1-5-12(10)7-8-2-4-11-6-8/h8H,1-7,9H2. The van der Waals surface area contributed by atoms with Crippen LogP contribution in [0, 0.1) is 5.92 Å². The maximum Gasteiger partial charge on any atom is 0.0503 e. The van der Waals surface area contributed by atoms with E-state index in [2.05, 4.69) is 0 Å². The van der Waals surface area contributed by atoms with Gasteiger partial charge in [-0.05, 0) is 25.3 Å². The predicted molar refractivity (Wildman–Crippen MR) is 50.5 cm³/mol. The zero-order valence-electron chi connectivity index (χ0n) is 7.33. The van der Waals surface area contributed by atoms with Crippen LogP contribution in [0.2, 0.25) is 0 Å². The van der Waals surface area contributed by atoms with Gasteiger partial charge in [-0.2, -0.15) is 0 Å². The van der Waals surface area contributed by atoms with Crippen molar-refractivity contribution >= 4 is 10.8 Å². The van der Waals surface area contributed by atoms with Gasteiger partial charge < -0.3 is 10.5 Å². The zero-order chi connectivity index (χ0) is 8.81. The molecule has 1 saturated heterocycles. The Morgan fingerprint density at radius 3 is 3.00 bits per heavy atom. The molecule has 0 aromatic carbocycles. The molecular weight excluding hydrogens is 174 g/mol. The first-order valence-corrected chi connectivity index (χ1v) is 5.94. The van der Waals surface area contributed by atoms with Gasteiger partial charge in [0.2, 0.25) is 0 Å². The molecule has 0 radical (unpaired) electrons. The highest BCUT2D eigenvalue weighted by atomic mass is 32.2. The summed E-state index contributed by atoms with van der Waals surface area (Å²) >= 11 is 0. The van der Waals surface area contributed by atoms with Crippen LogP contribution in [0.3, 0.4) is 0 Å². The predicted octanol–water partition coefficient (Wildman–Crippen LogP) is 0.120. The maximum atomic E-state index is 11.4. The number of hydrogen-bond donors (Lipinski definition) is 1. The molecule has 12 heavy (non-hydrogen) atoms. The van der Waals surface area contributed by atoms with Crippen molar-refractivity contribution in [1.29, 1.82) is 0 Å². The molecule has 0 spiro atoms. The van der Waals surface area contributed by atoms with Crippen molar-refractivity contribution in [3.05, 3.63) is 0 Å². The molecule has 0 saturated carbocycles. The van der Waals surface area contributed by atoms with Crippen molar-refractivity contribution in [3.63, 3.8) is 0 Å². The van der Waals surface area contributed by atoms with Crippen molar-refractivity contribution in [2.45, 2.75) is 12.8 Å². The average Bonchev–Trinajstić information content (AvgIpc) is 2.53. The second-order valence-electron chi connectivity index (χ2n) is 3.18. The van der Waals surface area contributed by atoms with Gasteiger partial charge in [-0.3, -0.25) is 4.21 Å². The summed E-state index contributed by atoms with van der Waals surface area (Å²) in [6, 6.07) is 0. The first kappa shape index (κ1) is 10.2. The van der Waals surface area contributed by atoms with Crippen molar-refractivity contribution < 1.29 is 8.95 Å². The zero-order valence-corrected chi connectivity index (χ0v) is 8.15. The molecule has 0 aliphatic carbocycles. The third-order valence-electron chi connectivity index (χ3n) is 2.02. The first-order chi connectivity index (χ1) is 5.83. The van der Waals surface area contributed by atoms with E-state index in [1.165, 1.54) is 0 Å². The minimum Gasteiger partial charge on any atom is -0.381 e. The fourth-order valence-corrected chi connectivity index (χ4v) is 2.75. The summed E-state index contributed by atoms with van der Waals surface area (Å²) in [7, 11) is -0.670. The van der Waals surface area contributed by atoms with E-state index in [9.17, 15) is 4.21 Å². The minimum absolute atomic E-state index is 0.531. The van der Waals surface area contributed by atoms with E-state index in [1.54, 1.807) is 0 Å². The highest BCUT2D eigenvalue weighted by Gasteiger charge is 2.17.